The van der Waals surface area contributed by atoms with Gasteiger partial charge in [0.05, 0.1) is 16.1 Å². The molecule has 0 unspecified atom stereocenters. The van der Waals surface area contributed by atoms with Gasteiger partial charge in [0.15, 0.2) is 0 Å². The first-order chi connectivity index (χ1) is 19.4. The molecule has 1 heterocycles. The van der Waals surface area contributed by atoms with E-state index in [1.165, 1.54) is 13.1 Å². The number of carbonyl (C=O) groups is 2. The Kier molecular flexibility index (Phi) is 8.14. The third-order valence-corrected chi connectivity index (χ3v) is 8.29. The zero-order chi connectivity index (χ0) is 28.2. The van der Waals surface area contributed by atoms with Crippen LogP contribution in [0.15, 0.2) is 47.3 Å². The minimum atomic E-state index is -0.431. The third kappa shape index (κ3) is 5.71. The molecule has 2 saturated carbocycles. The zero-order valence-corrected chi connectivity index (χ0v) is 22.6. The summed E-state index contributed by atoms with van der Waals surface area (Å²) < 4.78 is 0. The molecule has 2 amide bonds. The number of anilines is 1. The van der Waals surface area contributed by atoms with Crippen LogP contribution in [-0.2, 0) is 0 Å². The van der Waals surface area contributed by atoms with E-state index in [1.807, 2.05) is 0 Å². The average molecular weight is 546 g/mol. The van der Waals surface area contributed by atoms with Crippen molar-refractivity contribution in [2.45, 2.75) is 75.8 Å². The highest BCUT2D eigenvalue weighted by Gasteiger charge is 2.32. The van der Waals surface area contributed by atoms with E-state index in [4.69, 9.17) is 0 Å². The maximum atomic E-state index is 13.4. The highest BCUT2D eigenvalue weighted by atomic mass is 16.6. The molecule has 1 aromatic heterocycles. The minimum Gasteiger partial charge on any atom is -0.374 e. The summed E-state index contributed by atoms with van der Waals surface area (Å²) in [6, 6.07) is 11.1. The van der Waals surface area contributed by atoms with E-state index in [-0.39, 0.29) is 52.0 Å². The number of fused-ring (bicyclic) bond motifs is 1. The Hall–Kier alpha value is -4.21. The van der Waals surface area contributed by atoms with Gasteiger partial charge in [-0.15, -0.1) is 0 Å². The van der Waals surface area contributed by atoms with Crippen molar-refractivity contribution in [2.75, 3.05) is 12.4 Å². The second-order valence-electron chi connectivity index (χ2n) is 10.8. The van der Waals surface area contributed by atoms with Crippen LogP contribution in [0, 0.1) is 10.1 Å². The topological polar surface area (TPSA) is 146 Å². The maximum Gasteiger partial charge on any atom is 0.293 e. The SMILES string of the molecule is CNC(=O)c1cc(C2CCCCC2)cc([N+](=O)[O-])c1N[C@@H]1CCCC[C@@H]1NC(=O)c1cc(=O)[nH]c2ccccc12. The molecule has 40 heavy (non-hydrogen) atoms. The Morgan fingerprint density at radius 3 is 2.33 bits per heavy atom. The van der Waals surface area contributed by atoms with Gasteiger partial charge in [-0.25, -0.2) is 0 Å². The number of H-pyrrole nitrogens is 1. The highest BCUT2D eigenvalue weighted by molar-refractivity contribution is 6.06. The zero-order valence-electron chi connectivity index (χ0n) is 22.6. The number of nitro groups is 1. The van der Waals surface area contributed by atoms with Crippen molar-refractivity contribution in [3.05, 3.63) is 79.6 Å². The van der Waals surface area contributed by atoms with Crippen LogP contribution in [0.3, 0.4) is 0 Å². The predicted octanol–water partition coefficient (Wildman–Crippen LogP) is 5.00. The van der Waals surface area contributed by atoms with Gasteiger partial charge in [0.2, 0.25) is 5.56 Å². The quantitative estimate of drug-likeness (QED) is 0.243. The van der Waals surface area contributed by atoms with Gasteiger partial charge in [-0.05, 0) is 49.3 Å². The van der Waals surface area contributed by atoms with E-state index in [0.29, 0.717) is 23.7 Å². The number of aromatic nitrogens is 1. The first kappa shape index (κ1) is 27.4. The number of nitrogens with zero attached hydrogens (tertiary/aromatic N) is 1. The molecule has 210 valence electrons. The molecule has 10 nitrogen and oxygen atoms in total. The molecule has 0 radical (unpaired) electrons. The molecule has 0 spiro atoms. The summed E-state index contributed by atoms with van der Waals surface area (Å²) in [6.07, 6.45) is 8.27. The Balaban J connectivity index is 1.47. The van der Waals surface area contributed by atoms with E-state index >= 15 is 0 Å². The molecule has 2 atom stereocenters. The Labute approximate surface area is 232 Å². The van der Waals surface area contributed by atoms with Crippen LogP contribution in [0.2, 0.25) is 0 Å². The first-order valence-electron chi connectivity index (χ1n) is 14.1. The molecule has 0 bridgehead atoms. The van der Waals surface area contributed by atoms with Crippen molar-refractivity contribution in [3.8, 4) is 0 Å². The van der Waals surface area contributed by atoms with Gasteiger partial charge < -0.3 is 20.9 Å². The van der Waals surface area contributed by atoms with Crippen molar-refractivity contribution in [1.29, 1.82) is 0 Å². The molecule has 2 aromatic carbocycles. The smallest absolute Gasteiger partial charge is 0.293 e. The number of benzene rings is 2. The number of nitrogens with one attached hydrogen (secondary N) is 4. The van der Waals surface area contributed by atoms with Gasteiger partial charge in [-0.2, -0.15) is 0 Å². The number of para-hydroxylation sites is 1. The van der Waals surface area contributed by atoms with Crippen LogP contribution in [-0.4, -0.2) is 40.9 Å². The van der Waals surface area contributed by atoms with E-state index in [9.17, 15) is 24.5 Å². The molecule has 3 aromatic rings. The van der Waals surface area contributed by atoms with Crippen molar-refractivity contribution >= 4 is 34.1 Å². The van der Waals surface area contributed by atoms with Crippen LogP contribution in [0.4, 0.5) is 11.4 Å². The lowest BCUT2D eigenvalue weighted by molar-refractivity contribution is -0.384. The number of hydrogen-bond donors (Lipinski definition) is 4. The first-order valence-corrected chi connectivity index (χ1v) is 14.1. The van der Waals surface area contributed by atoms with Crippen molar-refractivity contribution in [2.24, 2.45) is 0 Å². The summed E-state index contributed by atoms with van der Waals surface area (Å²) in [6.45, 7) is 0. The molecule has 4 N–H and O–H groups in total. The van der Waals surface area contributed by atoms with Crippen molar-refractivity contribution in [3.63, 3.8) is 0 Å². The molecule has 2 aliphatic carbocycles. The lowest BCUT2D eigenvalue weighted by atomic mass is 9.83. The number of nitro benzene ring substituents is 1. The fourth-order valence-electron chi connectivity index (χ4n) is 6.23. The van der Waals surface area contributed by atoms with Crippen LogP contribution in [0.1, 0.15) is 90.0 Å². The van der Waals surface area contributed by atoms with Gasteiger partial charge in [-0.3, -0.25) is 24.5 Å². The summed E-state index contributed by atoms with van der Waals surface area (Å²) in [7, 11) is 1.51. The predicted molar refractivity (Wildman–Crippen MR) is 154 cm³/mol. The molecule has 0 saturated heterocycles. The number of hydrogen-bond acceptors (Lipinski definition) is 6. The van der Waals surface area contributed by atoms with Crippen molar-refractivity contribution in [1.82, 2.24) is 15.6 Å². The second-order valence-corrected chi connectivity index (χ2v) is 10.8. The molecular weight excluding hydrogens is 510 g/mol. The van der Waals surface area contributed by atoms with E-state index in [0.717, 1.165) is 50.5 Å². The maximum absolute atomic E-state index is 13.4. The Bertz CT molecular complexity index is 1490. The molecule has 2 aliphatic rings. The normalized spacial score (nSPS) is 19.6. The van der Waals surface area contributed by atoms with Crippen LogP contribution in [0.5, 0.6) is 0 Å². The third-order valence-electron chi connectivity index (χ3n) is 8.29. The van der Waals surface area contributed by atoms with Crippen LogP contribution in [0.25, 0.3) is 10.9 Å². The van der Waals surface area contributed by atoms with Crippen LogP contribution < -0.4 is 21.5 Å². The summed E-state index contributed by atoms with van der Waals surface area (Å²) >= 11 is 0. The molecular formula is C30H35N5O5. The lowest BCUT2D eigenvalue weighted by Gasteiger charge is -2.34. The molecule has 0 aliphatic heterocycles. The van der Waals surface area contributed by atoms with E-state index in [1.54, 1.807) is 36.4 Å². The monoisotopic (exact) mass is 545 g/mol. The Morgan fingerprint density at radius 1 is 0.900 bits per heavy atom. The van der Waals surface area contributed by atoms with Gasteiger partial charge in [-0.1, -0.05) is 50.3 Å². The number of carbonyl (C=O) groups excluding carboxylic acids is 2. The van der Waals surface area contributed by atoms with Gasteiger partial charge in [0.1, 0.15) is 5.69 Å². The van der Waals surface area contributed by atoms with Gasteiger partial charge in [0, 0.05) is 42.2 Å². The van der Waals surface area contributed by atoms with Gasteiger partial charge in [0.25, 0.3) is 17.5 Å². The fourth-order valence-corrected chi connectivity index (χ4v) is 6.23. The number of rotatable bonds is 7. The average Bonchev–Trinajstić information content (AvgIpc) is 2.97. The minimum absolute atomic E-state index is 0.127. The molecule has 10 heteroatoms. The van der Waals surface area contributed by atoms with Crippen LogP contribution >= 0.6 is 0 Å². The standard InChI is InChI=1S/C30H35N5O5/c1-31-29(37)22-15-19(18-9-3-2-4-10-18)16-26(35(39)40)28(22)33-24-13-7-8-14-25(24)34-30(38)21-17-27(36)32-23-12-6-5-11-20(21)23/h5-6,11-12,15-18,24-25,33H,2-4,7-10,13-14H2,1H3,(H,31,37)(H,32,36)(H,34,38)/t24-,25+/m1/s1. The molecule has 2 fully saturated rings. The second kappa shape index (κ2) is 11.9. The van der Waals surface area contributed by atoms with Crippen molar-refractivity contribution < 1.29 is 14.5 Å². The fraction of sp³-hybridized carbons (Fsp3) is 0.433. The molecule has 5 rings (SSSR count). The summed E-state index contributed by atoms with van der Waals surface area (Å²) in [4.78, 5) is 53.3. The highest BCUT2D eigenvalue weighted by Crippen LogP contribution is 2.39. The summed E-state index contributed by atoms with van der Waals surface area (Å²) in [5.74, 6) is -0.584. The lowest BCUT2D eigenvalue weighted by Crippen LogP contribution is -2.49. The summed E-state index contributed by atoms with van der Waals surface area (Å²) in [5.41, 5.74) is 1.60. The summed E-state index contributed by atoms with van der Waals surface area (Å²) in [5, 5.41) is 22.0. The largest absolute Gasteiger partial charge is 0.374 e. The number of amides is 2. The van der Waals surface area contributed by atoms with Gasteiger partial charge >= 0.3 is 0 Å². The van der Waals surface area contributed by atoms with E-state index in [2.05, 4.69) is 20.9 Å². The number of aromatic amines is 1. The number of pyridine rings is 1. The van der Waals surface area contributed by atoms with E-state index < -0.39 is 10.8 Å². The Morgan fingerprint density at radius 2 is 1.60 bits per heavy atom.